The van der Waals surface area contributed by atoms with Gasteiger partial charge in [-0.3, -0.25) is 0 Å². The summed E-state index contributed by atoms with van der Waals surface area (Å²) in [5, 5.41) is 0. The van der Waals surface area contributed by atoms with Gasteiger partial charge < -0.3 is 9.80 Å². The first-order valence-corrected chi connectivity index (χ1v) is 7.55. The monoisotopic (exact) mass is 262 g/mol. The Labute approximate surface area is 119 Å². The fraction of sp³-hybridized carbons (Fsp3) is 0.647. The van der Waals surface area contributed by atoms with E-state index in [-0.39, 0.29) is 0 Å². The zero-order chi connectivity index (χ0) is 14.3. The minimum atomic E-state index is 0.833. The van der Waals surface area contributed by atoms with E-state index in [0.717, 1.165) is 25.4 Å². The van der Waals surface area contributed by atoms with Crippen LogP contribution >= 0.6 is 0 Å². The molecule has 0 unspecified atom stereocenters. The van der Waals surface area contributed by atoms with Gasteiger partial charge in [0.25, 0.3) is 0 Å². The zero-order valence-electron chi connectivity index (χ0n) is 13.3. The molecule has 0 aliphatic carbocycles. The number of likely N-dealkylation sites (N-methyl/N-ethyl adjacent to an activating group) is 1. The first kappa shape index (κ1) is 16.0. The van der Waals surface area contributed by atoms with Gasteiger partial charge in [-0.2, -0.15) is 0 Å². The highest BCUT2D eigenvalue weighted by molar-refractivity contribution is 5.49. The molecule has 1 heterocycles. The van der Waals surface area contributed by atoms with Crippen LogP contribution in [0.1, 0.15) is 33.3 Å². The smallest absolute Gasteiger partial charge is 0.0369 e. The lowest BCUT2D eigenvalue weighted by atomic mass is 10.1. The summed E-state index contributed by atoms with van der Waals surface area (Å²) in [7, 11) is 2.19. The molecule has 108 valence electrons. The van der Waals surface area contributed by atoms with Crippen LogP contribution in [-0.2, 0) is 6.42 Å². The molecule has 1 saturated heterocycles. The first-order valence-electron chi connectivity index (χ1n) is 7.55. The second-order valence-electron chi connectivity index (χ2n) is 6.05. The van der Waals surface area contributed by atoms with Crippen LogP contribution in [0.4, 0.5) is 5.69 Å². The molecule has 1 aliphatic heterocycles. The van der Waals surface area contributed by atoms with Crippen molar-refractivity contribution in [2.24, 2.45) is 5.92 Å². The van der Waals surface area contributed by atoms with Crippen molar-refractivity contribution in [3.05, 3.63) is 29.8 Å². The Kier molecular flexibility index (Phi) is 6.93. The second kappa shape index (κ2) is 8.21. The number of benzene rings is 1. The quantitative estimate of drug-likeness (QED) is 0.802. The summed E-state index contributed by atoms with van der Waals surface area (Å²) in [6.45, 7) is 13.4. The standard InChI is InChI=1S/C13H20N2.C4H10/c1-3-12-5-4-6-13(11-12)15-9-7-14(2)8-10-15;1-4(2)3/h4-6,11H,3,7-10H2,1-2H3;4H,1-3H3. The maximum Gasteiger partial charge on any atom is 0.0369 e. The van der Waals surface area contributed by atoms with Gasteiger partial charge in [-0.05, 0) is 37.1 Å². The van der Waals surface area contributed by atoms with Crippen LogP contribution in [0, 0.1) is 5.92 Å². The number of piperazine rings is 1. The van der Waals surface area contributed by atoms with E-state index in [0.29, 0.717) is 0 Å². The lowest BCUT2D eigenvalue weighted by Crippen LogP contribution is -2.44. The maximum atomic E-state index is 2.49. The molecule has 1 aromatic carbocycles. The summed E-state index contributed by atoms with van der Waals surface area (Å²) < 4.78 is 0. The average molecular weight is 262 g/mol. The minimum absolute atomic E-state index is 0.833. The number of aryl methyl sites for hydroxylation is 1. The average Bonchev–Trinajstić information content (AvgIpc) is 2.39. The molecule has 0 atom stereocenters. The molecule has 1 aromatic rings. The number of nitrogens with zero attached hydrogens (tertiary/aromatic N) is 2. The van der Waals surface area contributed by atoms with Crippen molar-refractivity contribution in [1.82, 2.24) is 4.90 Å². The first-order chi connectivity index (χ1) is 9.02. The van der Waals surface area contributed by atoms with Gasteiger partial charge in [-0.1, -0.05) is 39.8 Å². The van der Waals surface area contributed by atoms with Crippen LogP contribution in [0.2, 0.25) is 0 Å². The molecule has 0 aromatic heterocycles. The Morgan fingerprint density at radius 1 is 1.05 bits per heavy atom. The molecule has 0 N–H and O–H groups in total. The topological polar surface area (TPSA) is 6.48 Å². The fourth-order valence-electron chi connectivity index (χ4n) is 2.04. The highest BCUT2D eigenvalue weighted by atomic mass is 15.2. The summed E-state index contributed by atoms with van der Waals surface area (Å²) in [5.41, 5.74) is 2.83. The van der Waals surface area contributed by atoms with E-state index in [1.807, 2.05) is 0 Å². The van der Waals surface area contributed by atoms with Gasteiger partial charge in [-0.25, -0.2) is 0 Å². The van der Waals surface area contributed by atoms with E-state index in [2.05, 4.69) is 68.8 Å². The number of anilines is 1. The third-order valence-corrected chi connectivity index (χ3v) is 3.19. The molecule has 2 heteroatoms. The van der Waals surface area contributed by atoms with Gasteiger partial charge in [0.1, 0.15) is 0 Å². The van der Waals surface area contributed by atoms with Crippen molar-refractivity contribution in [2.75, 3.05) is 38.1 Å². The molecular weight excluding hydrogens is 232 g/mol. The summed E-state index contributed by atoms with van der Waals surface area (Å²) in [4.78, 5) is 4.87. The van der Waals surface area contributed by atoms with Crippen molar-refractivity contribution >= 4 is 5.69 Å². The highest BCUT2D eigenvalue weighted by Gasteiger charge is 2.13. The van der Waals surface area contributed by atoms with Gasteiger partial charge in [0.15, 0.2) is 0 Å². The Bertz CT molecular complexity index is 349. The zero-order valence-corrected chi connectivity index (χ0v) is 13.3. The van der Waals surface area contributed by atoms with E-state index in [1.54, 1.807) is 0 Å². The lowest BCUT2D eigenvalue weighted by molar-refractivity contribution is 0.313. The summed E-state index contributed by atoms with van der Waals surface area (Å²) >= 11 is 0. The molecule has 1 fully saturated rings. The molecule has 1 aliphatic rings. The largest absolute Gasteiger partial charge is 0.369 e. The second-order valence-corrected chi connectivity index (χ2v) is 6.05. The van der Waals surface area contributed by atoms with E-state index in [4.69, 9.17) is 0 Å². The van der Waals surface area contributed by atoms with Crippen molar-refractivity contribution in [1.29, 1.82) is 0 Å². The summed E-state index contributed by atoms with van der Waals surface area (Å²) in [6, 6.07) is 8.93. The molecule has 0 radical (unpaired) electrons. The molecule has 0 amide bonds. The Morgan fingerprint density at radius 2 is 1.63 bits per heavy atom. The summed E-state index contributed by atoms with van der Waals surface area (Å²) in [5.74, 6) is 0.833. The van der Waals surface area contributed by atoms with Crippen LogP contribution in [0.3, 0.4) is 0 Å². The van der Waals surface area contributed by atoms with Crippen LogP contribution in [0.25, 0.3) is 0 Å². The molecule has 0 spiro atoms. The lowest BCUT2D eigenvalue weighted by Gasteiger charge is -2.34. The molecular formula is C17H30N2. The van der Waals surface area contributed by atoms with Crippen LogP contribution in [-0.4, -0.2) is 38.1 Å². The van der Waals surface area contributed by atoms with E-state index in [1.165, 1.54) is 24.3 Å². The van der Waals surface area contributed by atoms with Gasteiger partial charge >= 0.3 is 0 Å². The van der Waals surface area contributed by atoms with E-state index < -0.39 is 0 Å². The number of hydrogen-bond acceptors (Lipinski definition) is 2. The van der Waals surface area contributed by atoms with Gasteiger partial charge in [0.2, 0.25) is 0 Å². The molecule has 0 saturated carbocycles. The van der Waals surface area contributed by atoms with Gasteiger partial charge in [-0.15, -0.1) is 0 Å². The van der Waals surface area contributed by atoms with E-state index >= 15 is 0 Å². The normalized spacial score (nSPS) is 16.2. The Morgan fingerprint density at radius 3 is 2.16 bits per heavy atom. The van der Waals surface area contributed by atoms with Gasteiger partial charge in [0.05, 0.1) is 0 Å². The van der Waals surface area contributed by atoms with Gasteiger partial charge in [0, 0.05) is 31.9 Å². The van der Waals surface area contributed by atoms with Crippen LogP contribution in [0.15, 0.2) is 24.3 Å². The van der Waals surface area contributed by atoms with Crippen molar-refractivity contribution in [2.45, 2.75) is 34.1 Å². The van der Waals surface area contributed by atoms with Crippen LogP contribution < -0.4 is 4.90 Å². The van der Waals surface area contributed by atoms with Crippen molar-refractivity contribution in [3.63, 3.8) is 0 Å². The predicted molar refractivity (Wildman–Crippen MR) is 86.0 cm³/mol. The number of rotatable bonds is 2. The third kappa shape index (κ3) is 6.11. The fourth-order valence-corrected chi connectivity index (χ4v) is 2.04. The maximum absolute atomic E-state index is 2.49. The molecule has 19 heavy (non-hydrogen) atoms. The third-order valence-electron chi connectivity index (χ3n) is 3.19. The minimum Gasteiger partial charge on any atom is -0.369 e. The molecule has 2 rings (SSSR count). The molecule has 0 bridgehead atoms. The highest BCUT2D eigenvalue weighted by Crippen LogP contribution is 2.17. The number of hydrogen-bond donors (Lipinski definition) is 0. The Hall–Kier alpha value is -1.02. The SMILES string of the molecule is CC(C)C.CCc1cccc(N2CCN(C)CC2)c1. The van der Waals surface area contributed by atoms with Crippen LogP contribution in [0.5, 0.6) is 0 Å². The Balaban J connectivity index is 0.000000399. The molecule has 2 nitrogen and oxygen atoms in total. The van der Waals surface area contributed by atoms with E-state index in [9.17, 15) is 0 Å². The predicted octanol–water partition coefficient (Wildman–Crippen LogP) is 3.66. The summed E-state index contributed by atoms with van der Waals surface area (Å²) in [6.07, 6.45) is 1.13. The van der Waals surface area contributed by atoms with Crippen molar-refractivity contribution < 1.29 is 0 Å². The van der Waals surface area contributed by atoms with Crippen molar-refractivity contribution in [3.8, 4) is 0 Å².